The summed E-state index contributed by atoms with van der Waals surface area (Å²) < 4.78 is 0.469. The highest BCUT2D eigenvalue weighted by Gasteiger charge is 2.50. The van der Waals surface area contributed by atoms with Gasteiger partial charge in [0.1, 0.15) is 0 Å². The van der Waals surface area contributed by atoms with Gasteiger partial charge in [0.25, 0.3) is 0 Å². The van der Waals surface area contributed by atoms with Crippen LogP contribution in [0.5, 0.6) is 0 Å². The maximum Gasteiger partial charge on any atom is 0.0308 e. The number of hydrogen-bond acceptors (Lipinski definition) is 1. The zero-order chi connectivity index (χ0) is 9.41. The zero-order valence-electron chi connectivity index (χ0n) is 7.73. The molecule has 0 bridgehead atoms. The van der Waals surface area contributed by atoms with Gasteiger partial charge in [0.15, 0.2) is 0 Å². The van der Waals surface area contributed by atoms with E-state index < -0.39 is 0 Å². The molecular weight excluding hydrogens is 261 g/mol. The lowest BCUT2D eigenvalue weighted by Gasteiger charge is -2.26. The molecule has 1 aliphatic carbocycles. The Morgan fingerprint density at radius 2 is 2.08 bits per heavy atom. The molecule has 68 valence electrons. The molecule has 0 spiro atoms. The van der Waals surface area contributed by atoms with Gasteiger partial charge in [-0.2, -0.15) is 0 Å². The van der Waals surface area contributed by atoms with Crippen molar-refractivity contribution in [3.8, 4) is 0 Å². The van der Waals surface area contributed by atoms with Gasteiger partial charge in [0, 0.05) is 9.12 Å². The van der Waals surface area contributed by atoms with E-state index in [9.17, 15) is 0 Å². The summed E-state index contributed by atoms with van der Waals surface area (Å²) in [5.41, 5.74) is 6.37. The molecule has 1 fully saturated rings. The van der Waals surface area contributed by atoms with E-state index in [1.54, 1.807) is 0 Å². The van der Waals surface area contributed by atoms with Gasteiger partial charge in [-0.05, 0) is 24.3 Å². The van der Waals surface area contributed by atoms with Crippen molar-refractivity contribution in [1.82, 2.24) is 0 Å². The predicted octanol–water partition coefficient (Wildman–Crippen LogP) is 3.01. The van der Waals surface area contributed by atoms with Crippen LogP contribution in [0, 0.1) is 5.41 Å². The zero-order valence-corrected chi connectivity index (χ0v) is 9.89. The normalized spacial score (nSPS) is 21.2. The second-order valence-electron chi connectivity index (χ2n) is 4.10. The average molecular weight is 277 g/mol. The van der Waals surface area contributed by atoms with Gasteiger partial charge in [-0.25, -0.2) is 0 Å². The average Bonchev–Trinajstić information content (AvgIpc) is 2.65. The Balaban J connectivity index is 2.66. The number of alkyl halides is 1. The second-order valence-corrected chi connectivity index (χ2v) is 6.16. The standard InChI is InChI=1S/C10H16IN/c1-8(12)4-5-9(2,3)10(11)6-7-10/h4-5H,1,6-7,12H2,2-3H3/b5-4-. The molecule has 2 heteroatoms. The molecule has 12 heavy (non-hydrogen) atoms. The smallest absolute Gasteiger partial charge is 0.0308 e. The van der Waals surface area contributed by atoms with Gasteiger partial charge in [0.05, 0.1) is 0 Å². The highest BCUT2D eigenvalue weighted by atomic mass is 127. The Morgan fingerprint density at radius 1 is 1.58 bits per heavy atom. The summed E-state index contributed by atoms with van der Waals surface area (Å²) in [6.45, 7) is 8.16. The third-order valence-electron chi connectivity index (χ3n) is 2.56. The van der Waals surface area contributed by atoms with Crippen molar-refractivity contribution in [2.24, 2.45) is 11.1 Å². The van der Waals surface area contributed by atoms with E-state index in [4.69, 9.17) is 5.73 Å². The monoisotopic (exact) mass is 277 g/mol. The quantitative estimate of drug-likeness (QED) is 0.479. The molecule has 0 heterocycles. The minimum atomic E-state index is 0.246. The van der Waals surface area contributed by atoms with Crippen LogP contribution in [0.3, 0.4) is 0 Å². The summed E-state index contributed by atoms with van der Waals surface area (Å²) >= 11 is 2.56. The van der Waals surface area contributed by atoms with Gasteiger partial charge in [-0.1, -0.05) is 49.1 Å². The molecule has 0 aromatic rings. The fourth-order valence-electron chi connectivity index (χ4n) is 1.22. The van der Waals surface area contributed by atoms with Crippen molar-refractivity contribution in [3.63, 3.8) is 0 Å². The Hall–Kier alpha value is 0.01000. The van der Waals surface area contributed by atoms with Gasteiger partial charge in [-0.15, -0.1) is 0 Å². The van der Waals surface area contributed by atoms with E-state index in [1.807, 2.05) is 6.08 Å². The van der Waals surface area contributed by atoms with Crippen LogP contribution in [0.25, 0.3) is 0 Å². The fourth-order valence-corrected chi connectivity index (χ4v) is 1.67. The number of nitrogens with two attached hydrogens (primary N) is 1. The van der Waals surface area contributed by atoms with Crippen molar-refractivity contribution in [3.05, 3.63) is 24.4 Å². The van der Waals surface area contributed by atoms with Crippen molar-refractivity contribution in [1.29, 1.82) is 0 Å². The van der Waals surface area contributed by atoms with Gasteiger partial charge < -0.3 is 5.73 Å². The SMILES string of the molecule is C=C(N)/C=C\C(C)(C)C1(I)CC1. The molecule has 1 aliphatic rings. The molecule has 0 amide bonds. The maximum atomic E-state index is 5.48. The largest absolute Gasteiger partial charge is 0.399 e. The highest BCUT2D eigenvalue weighted by molar-refractivity contribution is 14.1. The number of allylic oxidation sites excluding steroid dienone is 2. The molecule has 1 nitrogen and oxygen atoms in total. The minimum Gasteiger partial charge on any atom is -0.399 e. The van der Waals surface area contributed by atoms with Crippen LogP contribution < -0.4 is 5.73 Å². The first-order valence-corrected chi connectivity index (χ1v) is 5.28. The molecule has 1 rings (SSSR count). The molecule has 0 aliphatic heterocycles. The van der Waals surface area contributed by atoms with Crippen LogP contribution in [0.15, 0.2) is 24.4 Å². The van der Waals surface area contributed by atoms with Crippen LogP contribution in [-0.4, -0.2) is 3.42 Å². The molecule has 0 atom stereocenters. The molecule has 2 N–H and O–H groups in total. The summed E-state index contributed by atoms with van der Waals surface area (Å²) in [4.78, 5) is 0. The first-order chi connectivity index (χ1) is 5.37. The molecule has 0 aromatic carbocycles. The van der Waals surface area contributed by atoms with Crippen LogP contribution in [-0.2, 0) is 0 Å². The van der Waals surface area contributed by atoms with Gasteiger partial charge >= 0.3 is 0 Å². The lowest BCUT2D eigenvalue weighted by Crippen LogP contribution is -2.23. The van der Waals surface area contributed by atoms with Gasteiger partial charge in [0.2, 0.25) is 0 Å². The van der Waals surface area contributed by atoms with Crippen LogP contribution in [0.4, 0.5) is 0 Å². The molecule has 0 aromatic heterocycles. The fraction of sp³-hybridized carbons (Fsp3) is 0.600. The lowest BCUT2D eigenvalue weighted by molar-refractivity contribution is 0.459. The summed E-state index contributed by atoms with van der Waals surface area (Å²) in [6, 6.07) is 0. The van der Waals surface area contributed by atoms with Crippen LogP contribution in [0.1, 0.15) is 26.7 Å². The highest BCUT2D eigenvalue weighted by Crippen LogP contribution is 2.57. The Bertz CT molecular complexity index is 224. The number of rotatable bonds is 3. The minimum absolute atomic E-state index is 0.246. The Kier molecular flexibility index (Phi) is 2.57. The van der Waals surface area contributed by atoms with Crippen molar-refractivity contribution in [2.75, 3.05) is 0 Å². The molecule has 0 saturated heterocycles. The Labute approximate surface area is 88.2 Å². The van der Waals surface area contributed by atoms with Crippen molar-refractivity contribution in [2.45, 2.75) is 30.1 Å². The van der Waals surface area contributed by atoms with Crippen LogP contribution in [0.2, 0.25) is 0 Å². The van der Waals surface area contributed by atoms with E-state index in [0.29, 0.717) is 9.12 Å². The molecule has 1 saturated carbocycles. The van der Waals surface area contributed by atoms with E-state index >= 15 is 0 Å². The predicted molar refractivity (Wildman–Crippen MR) is 62.2 cm³/mol. The summed E-state index contributed by atoms with van der Waals surface area (Å²) in [7, 11) is 0. The summed E-state index contributed by atoms with van der Waals surface area (Å²) in [5.74, 6) is 0. The van der Waals surface area contributed by atoms with Gasteiger partial charge in [-0.3, -0.25) is 0 Å². The first-order valence-electron chi connectivity index (χ1n) is 4.20. The number of hydrogen-bond donors (Lipinski definition) is 1. The molecule has 0 radical (unpaired) electrons. The first kappa shape index (κ1) is 10.1. The van der Waals surface area contributed by atoms with Crippen LogP contribution >= 0.6 is 22.6 Å². The van der Waals surface area contributed by atoms with E-state index in [-0.39, 0.29) is 5.41 Å². The van der Waals surface area contributed by atoms with E-state index in [2.05, 4.69) is 49.1 Å². The third kappa shape index (κ3) is 2.03. The second kappa shape index (κ2) is 3.05. The van der Waals surface area contributed by atoms with Crippen molar-refractivity contribution >= 4 is 22.6 Å². The number of halogens is 1. The van der Waals surface area contributed by atoms with E-state index in [1.165, 1.54) is 12.8 Å². The molecule has 0 unspecified atom stereocenters. The lowest BCUT2D eigenvalue weighted by atomic mass is 9.87. The topological polar surface area (TPSA) is 26.0 Å². The maximum absolute atomic E-state index is 5.48. The van der Waals surface area contributed by atoms with E-state index in [0.717, 1.165) is 0 Å². The Morgan fingerprint density at radius 3 is 2.42 bits per heavy atom. The summed E-state index contributed by atoms with van der Waals surface area (Å²) in [5, 5.41) is 0. The molecular formula is C10H16IN. The third-order valence-corrected chi connectivity index (χ3v) is 5.03. The summed E-state index contributed by atoms with van der Waals surface area (Å²) in [6.07, 6.45) is 6.73. The van der Waals surface area contributed by atoms with Crippen molar-refractivity contribution < 1.29 is 0 Å².